The van der Waals surface area contributed by atoms with Crippen LogP contribution in [0.2, 0.25) is 0 Å². The Hall–Kier alpha value is -1.13. The molecule has 0 aliphatic carbocycles. The summed E-state index contributed by atoms with van der Waals surface area (Å²) in [5.74, 6) is 0.682. The summed E-state index contributed by atoms with van der Waals surface area (Å²) >= 11 is 0. The van der Waals surface area contributed by atoms with Gasteiger partial charge in [-0.05, 0) is 39.6 Å². The monoisotopic (exact) mass is 223 g/mol. The second kappa shape index (κ2) is 5.82. The first-order valence-electron chi connectivity index (χ1n) is 5.49. The first kappa shape index (κ1) is 12.9. The minimum Gasteiger partial charge on any atom is -0.476 e. The van der Waals surface area contributed by atoms with Crippen LogP contribution >= 0.6 is 0 Å². The second-order valence-electron chi connectivity index (χ2n) is 4.22. The van der Waals surface area contributed by atoms with Gasteiger partial charge in [-0.1, -0.05) is 0 Å². The lowest BCUT2D eigenvalue weighted by molar-refractivity contribution is 0.251. The zero-order chi connectivity index (χ0) is 12.1. The third kappa shape index (κ3) is 3.47. The summed E-state index contributed by atoms with van der Waals surface area (Å²) in [6.07, 6.45) is 0. The van der Waals surface area contributed by atoms with Crippen molar-refractivity contribution < 1.29 is 4.74 Å². The molecule has 0 aliphatic heterocycles. The van der Waals surface area contributed by atoms with E-state index >= 15 is 0 Å². The average Bonchev–Trinajstić information content (AvgIpc) is 2.16. The molecule has 0 radical (unpaired) electrons. The van der Waals surface area contributed by atoms with E-state index in [0.717, 1.165) is 23.4 Å². The third-order valence-corrected chi connectivity index (χ3v) is 2.42. The molecule has 16 heavy (non-hydrogen) atoms. The van der Waals surface area contributed by atoms with E-state index in [-0.39, 0.29) is 0 Å². The van der Waals surface area contributed by atoms with E-state index in [4.69, 9.17) is 10.5 Å². The summed E-state index contributed by atoms with van der Waals surface area (Å²) in [5, 5.41) is 0. The lowest BCUT2D eigenvalue weighted by Gasteiger charge is -2.14. The Balaban J connectivity index is 2.77. The summed E-state index contributed by atoms with van der Waals surface area (Å²) in [6.45, 7) is 5.98. The molecule has 90 valence electrons. The topological polar surface area (TPSA) is 51.4 Å². The highest BCUT2D eigenvalue weighted by atomic mass is 16.5. The molecule has 0 amide bonds. The van der Waals surface area contributed by atoms with Crippen molar-refractivity contribution in [3.63, 3.8) is 0 Å². The highest BCUT2D eigenvalue weighted by Crippen LogP contribution is 2.20. The SMILES string of the molecule is Cc1cc(C)c(CN)c(OCCN(C)C)n1. The van der Waals surface area contributed by atoms with Gasteiger partial charge in [0.1, 0.15) is 6.61 Å². The van der Waals surface area contributed by atoms with Crippen molar-refractivity contribution in [1.29, 1.82) is 0 Å². The summed E-state index contributed by atoms with van der Waals surface area (Å²) in [7, 11) is 4.03. The molecular weight excluding hydrogens is 202 g/mol. The number of rotatable bonds is 5. The van der Waals surface area contributed by atoms with Crippen molar-refractivity contribution in [3.8, 4) is 5.88 Å². The van der Waals surface area contributed by atoms with E-state index in [9.17, 15) is 0 Å². The molecule has 4 nitrogen and oxygen atoms in total. The number of aryl methyl sites for hydroxylation is 2. The zero-order valence-electron chi connectivity index (χ0n) is 10.6. The van der Waals surface area contributed by atoms with Gasteiger partial charge >= 0.3 is 0 Å². The number of ether oxygens (including phenoxy) is 1. The van der Waals surface area contributed by atoms with E-state index in [1.165, 1.54) is 0 Å². The molecule has 0 saturated heterocycles. The molecule has 4 heteroatoms. The largest absolute Gasteiger partial charge is 0.476 e. The van der Waals surface area contributed by atoms with Gasteiger partial charge in [-0.15, -0.1) is 0 Å². The third-order valence-electron chi connectivity index (χ3n) is 2.42. The fourth-order valence-corrected chi connectivity index (χ4v) is 1.52. The van der Waals surface area contributed by atoms with Crippen LogP contribution in [0, 0.1) is 13.8 Å². The molecule has 0 aliphatic rings. The Morgan fingerprint density at radius 1 is 1.38 bits per heavy atom. The van der Waals surface area contributed by atoms with Crippen LogP contribution in [0.1, 0.15) is 16.8 Å². The van der Waals surface area contributed by atoms with Gasteiger partial charge in [0.05, 0.1) is 0 Å². The first-order valence-corrected chi connectivity index (χ1v) is 5.49. The molecule has 0 atom stereocenters. The summed E-state index contributed by atoms with van der Waals surface area (Å²) in [4.78, 5) is 6.46. The van der Waals surface area contributed by atoms with Gasteiger partial charge in [0, 0.05) is 24.3 Å². The predicted molar refractivity (Wildman–Crippen MR) is 65.7 cm³/mol. The predicted octanol–water partition coefficient (Wildman–Crippen LogP) is 1.10. The number of nitrogens with two attached hydrogens (primary N) is 1. The van der Waals surface area contributed by atoms with Gasteiger partial charge in [-0.3, -0.25) is 0 Å². The molecule has 1 heterocycles. The Labute approximate surface area is 97.4 Å². The minimum atomic E-state index is 0.469. The molecule has 0 aromatic carbocycles. The highest BCUT2D eigenvalue weighted by molar-refractivity contribution is 5.35. The Morgan fingerprint density at radius 3 is 2.62 bits per heavy atom. The van der Waals surface area contributed by atoms with Crippen molar-refractivity contribution in [3.05, 3.63) is 22.9 Å². The van der Waals surface area contributed by atoms with Crippen molar-refractivity contribution in [1.82, 2.24) is 9.88 Å². The summed E-state index contributed by atoms with van der Waals surface area (Å²) < 4.78 is 5.67. The number of hydrogen-bond donors (Lipinski definition) is 1. The van der Waals surface area contributed by atoms with Crippen molar-refractivity contribution in [2.45, 2.75) is 20.4 Å². The minimum absolute atomic E-state index is 0.469. The van der Waals surface area contributed by atoms with Crippen LogP contribution in [0.15, 0.2) is 6.07 Å². The van der Waals surface area contributed by atoms with E-state index in [1.54, 1.807) is 0 Å². The van der Waals surface area contributed by atoms with Crippen molar-refractivity contribution in [2.24, 2.45) is 5.73 Å². The maximum Gasteiger partial charge on any atom is 0.218 e. The molecule has 1 aromatic rings. The van der Waals surface area contributed by atoms with Gasteiger partial charge in [-0.25, -0.2) is 4.98 Å². The fraction of sp³-hybridized carbons (Fsp3) is 0.583. The smallest absolute Gasteiger partial charge is 0.218 e. The zero-order valence-corrected chi connectivity index (χ0v) is 10.6. The van der Waals surface area contributed by atoms with Crippen LogP contribution in [0.3, 0.4) is 0 Å². The fourth-order valence-electron chi connectivity index (χ4n) is 1.52. The lowest BCUT2D eigenvalue weighted by atomic mass is 10.1. The van der Waals surface area contributed by atoms with Gasteiger partial charge in [-0.2, -0.15) is 0 Å². The lowest BCUT2D eigenvalue weighted by Crippen LogP contribution is -2.20. The molecule has 1 rings (SSSR count). The van der Waals surface area contributed by atoms with Crippen LogP contribution in [0.25, 0.3) is 0 Å². The molecular formula is C12H21N3O. The Bertz CT molecular complexity index is 350. The van der Waals surface area contributed by atoms with Gasteiger partial charge in [0.15, 0.2) is 0 Å². The van der Waals surface area contributed by atoms with Crippen molar-refractivity contribution in [2.75, 3.05) is 27.2 Å². The molecule has 0 spiro atoms. The Kier molecular flexibility index (Phi) is 4.71. The molecule has 0 unspecified atom stereocenters. The standard InChI is InChI=1S/C12H21N3O/c1-9-7-10(2)14-12(11(9)8-13)16-6-5-15(3)4/h7H,5-6,8,13H2,1-4H3. The van der Waals surface area contributed by atoms with Crippen LogP contribution in [-0.2, 0) is 6.54 Å². The van der Waals surface area contributed by atoms with E-state index < -0.39 is 0 Å². The van der Waals surface area contributed by atoms with Crippen LogP contribution in [0.5, 0.6) is 5.88 Å². The first-order chi connectivity index (χ1) is 7.54. The molecule has 1 aromatic heterocycles. The molecule has 0 saturated carbocycles. The van der Waals surface area contributed by atoms with Gasteiger partial charge in [0.2, 0.25) is 5.88 Å². The maximum atomic E-state index is 5.70. The highest BCUT2D eigenvalue weighted by Gasteiger charge is 2.08. The summed E-state index contributed by atoms with van der Waals surface area (Å²) in [5.41, 5.74) is 8.82. The van der Waals surface area contributed by atoms with E-state index in [2.05, 4.69) is 9.88 Å². The average molecular weight is 223 g/mol. The van der Waals surface area contributed by atoms with Crippen LogP contribution < -0.4 is 10.5 Å². The number of pyridine rings is 1. The van der Waals surface area contributed by atoms with Crippen molar-refractivity contribution >= 4 is 0 Å². The number of nitrogens with zero attached hydrogens (tertiary/aromatic N) is 2. The maximum absolute atomic E-state index is 5.70. The van der Waals surface area contributed by atoms with E-state index in [0.29, 0.717) is 19.0 Å². The quantitative estimate of drug-likeness (QED) is 0.812. The van der Waals surface area contributed by atoms with Crippen LogP contribution in [0.4, 0.5) is 0 Å². The Morgan fingerprint density at radius 2 is 2.06 bits per heavy atom. The normalized spacial score (nSPS) is 10.9. The second-order valence-corrected chi connectivity index (χ2v) is 4.22. The summed E-state index contributed by atoms with van der Waals surface area (Å²) in [6, 6.07) is 2.03. The molecule has 0 bridgehead atoms. The van der Waals surface area contributed by atoms with Gasteiger partial charge < -0.3 is 15.4 Å². The van der Waals surface area contributed by atoms with E-state index in [1.807, 2.05) is 34.0 Å². The number of hydrogen-bond acceptors (Lipinski definition) is 4. The molecule has 2 N–H and O–H groups in total. The number of aromatic nitrogens is 1. The van der Waals surface area contributed by atoms with Crippen LogP contribution in [-0.4, -0.2) is 37.1 Å². The van der Waals surface area contributed by atoms with Gasteiger partial charge in [0.25, 0.3) is 0 Å². The number of likely N-dealkylation sites (N-methyl/N-ethyl adjacent to an activating group) is 1. The molecule has 0 fully saturated rings.